The second-order valence-electron chi connectivity index (χ2n) is 5.98. The summed E-state index contributed by atoms with van der Waals surface area (Å²) in [6.45, 7) is 3.88. The van der Waals surface area contributed by atoms with E-state index in [1.165, 1.54) is 11.3 Å². The highest BCUT2D eigenvalue weighted by Crippen LogP contribution is 2.20. The molecule has 140 valence electrons. The van der Waals surface area contributed by atoms with Gasteiger partial charge in [-0.15, -0.1) is 10.2 Å². The summed E-state index contributed by atoms with van der Waals surface area (Å²) < 4.78 is 0. The zero-order valence-corrected chi connectivity index (χ0v) is 15.9. The summed E-state index contributed by atoms with van der Waals surface area (Å²) >= 11 is 1.18. The van der Waals surface area contributed by atoms with Crippen LogP contribution < -0.4 is 10.7 Å². The second kappa shape index (κ2) is 8.54. The molecule has 0 bridgehead atoms. The lowest BCUT2D eigenvalue weighted by atomic mass is 10.1. The number of aromatic nitrogens is 3. The lowest BCUT2D eigenvalue weighted by Crippen LogP contribution is -2.19. The number of anilines is 1. The standard InChI is InChI=1S/C18H20N6O2S/c1-3-6-15(25)21-18-24-23-17(27-18)9-16(26)22-19-10-13-11(2)20-14-8-5-4-7-12(13)14/h4-5,7-8,10,20H,3,6,9H2,1-2H3,(H,22,26)(H,21,24,25). The summed E-state index contributed by atoms with van der Waals surface area (Å²) in [5.74, 6) is -0.408. The van der Waals surface area contributed by atoms with Crippen LogP contribution in [0, 0.1) is 6.92 Å². The van der Waals surface area contributed by atoms with E-state index in [-0.39, 0.29) is 18.2 Å². The number of amides is 2. The van der Waals surface area contributed by atoms with Crippen molar-refractivity contribution in [1.29, 1.82) is 0 Å². The highest BCUT2D eigenvalue weighted by atomic mass is 32.1. The van der Waals surface area contributed by atoms with Crippen molar-refractivity contribution in [2.24, 2.45) is 5.10 Å². The van der Waals surface area contributed by atoms with Gasteiger partial charge in [0.15, 0.2) is 0 Å². The third-order valence-electron chi connectivity index (χ3n) is 3.83. The Bertz CT molecular complexity index is 991. The zero-order chi connectivity index (χ0) is 19.2. The summed E-state index contributed by atoms with van der Waals surface area (Å²) in [5, 5.41) is 16.5. The van der Waals surface area contributed by atoms with Gasteiger partial charge in [-0.2, -0.15) is 5.10 Å². The van der Waals surface area contributed by atoms with E-state index in [0.717, 1.165) is 28.6 Å². The van der Waals surface area contributed by atoms with Gasteiger partial charge >= 0.3 is 0 Å². The Morgan fingerprint density at radius 3 is 2.89 bits per heavy atom. The molecule has 2 heterocycles. The molecular weight excluding hydrogens is 364 g/mol. The molecule has 0 aliphatic rings. The number of para-hydroxylation sites is 1. The van der Waals surface area contributed by atoms with Gasteiger partial charge in [0, 0.05) is 28.6 Å². The molecule has 8 nitrogen and oxygen atoms in total. The summed E-state index contributed by atoms with van der Waals surface area (Å²) in [6, 6.07) is 7.90. The Kier molecular flexibility index (Phi) is 5.92. The minimum Gasteiger partial charge on any atom is -0.358 e. The van der Waals surface area contributed by atoms with E-state index in [9.17, 15) is 9.59 Å². The fourth-order valence-electron chi connectivity index (χ4n) is 2.59. The Morgan fingerprint density at radius 2 is 2.07 bits per heavy atom. The van der Waals surface area contributed by atoms with Crippen LogP contribution in [0.25, 0.3) is 10.9 Å². The molecule has 27 heavy (non-hydrogen) atoms. The maximum absolute atomic E-state index is 12.0. The van der Waals surface area contributed by atoms with Crippen LogP contribution in [-0.4, -0.2) is 33.2 Å². The van der Waals surface area contributed by atoms with Gasteiger partial charge in [0.05, 0.1) is 12.6 Å². The van der Waals surface area contributed by atoms with Crippen LogP contribution >= 0.6 is 11.3 Å². The minimum absolute atomic E-state index is 0.0471. The molecule has 0 atom stereocenters. The van der Waals surface area contributed by atoms with Gasteiger partial charge in [-0.3, -0.25) is 9.59 Å². The number of aromatic amines is 1. The predicted octanol–water partition coefficient (Wildman–Crippen LogP) is 2.76. The Morgan fingerprint density at radius 1 is 1.26 bits per heavy atom. The lowest BCUT2D eigenvalue weighted by molar-refractivity contribution is -0.120. The van der Waals surface area contributed by atoms with Crippen LogP contribution in [0.1, 0.15) is 36.0 Å². The lowest BCUT2D eigenvalue weighted by Gasteiger charge is -1.98. The number of carbonyl (C=O) groups is 2. The topological polar surface area (TPSA) is 112 Å². The van der Waals surface area contributed by atoms with Crippen molar-refractivity contribution in [1.82, 2.24) is 20.6 Å². The predicted molar refractivity (Wildman–Crippen MR) is 106 cm³/mol. The molecule has 1 aromatic carbocycles. The van der Waals surface area contributed by atoms with E-state index in [0.29, 0.717) is 16.6 Å². The number of carbonyl (C=O) groups excluding carboxylic acids is 2. The van der Waals surface area contributed by atoms with Crippen LogP contribution in [0.2, 0.25) is 0 Å². The quantitative estimate of drug-likeness (QED) is 0.429. The van der Waals surface area contributed by atoms with Crippen LogP contribution in [0.5, 0.6) is 0 Å². The fraction of sp³-hybridized carbons (Fsp3) is 0.278. The Hall–Kier alpha value is -3.07. The fourth-order valence-corrected chi connectivity index (χ4v) is 3.35. The second-order valence-corrected chi connectivity index (χ2v) is 7.04. The molecule has 0 fully saturated rings. The number of hydrogen-bond acceptors (Lipinski definition) is 6. The number of nitrogens with zero attached hydrogens (tertiary/aromatic N) is 3. The monoisotopic (exact) mass is 384 g/mol. The third kappa shape index (κ3) is 4.76. The SMILES string of the molecule is CCCC(=O)Nc1nnc(CC(=O)NN=Cc2c(C)[nH]c3ccccc23)s1. The third-order valence-corrected chi connectivity index (χ3v) is 4.67. The maximum atomic E-state index is 12.0. The van der Waals surface area contributed by atoms with Crippen molar-refractivity contribution in [2.45, 2.75) is 33.1 Å². The van der Waals surface area contributed by atoms with Crippen molar-refractivity contribution >= 4 is 45.4 Å². The number of fused-ring (bicyclic) bond motifs is 1. The number of H-pyrrole nitrogens is 1. The molecule has 0 unspecified atom stereocenters. The van der Waals surface area contributed by atoms with Crippen molar-refractivity contribution in [2.75, 3.05) is 5.32 Å². The highest BCUT2D eigenvalue weighted by molar-refractivity contribution is 7.15. The van der Waals surface area contributed by atoms with Crippen molar-refractivity contribution in [3.63, 3.8) is 0 Å². The molecule has 0 saturated carbocycles. The number of aryl methyl sites for hydroxylation is 1. The van der Waals surface area contributed by atoms with Gasteiger partial charge in [0.1, 0.15) is 5.01 Å². The molecular formula is C18H20N6O2S. The van der Waals surface area contributed by atoms with E-state index in [1.54, 1.807) is 6.21 Å². The highest BCUT2D eigenvalue weighted by Gasteiger charge is 2.11. The summed E-state index contributed by atoms with van der Waals surface area (Å²) in [4.78, 5) is 26.9. The van der Waals surface area contributed by atoms with Crippen molar-refractivity contribution in [3.05, 3.63) is 40.5 Å². The van der Waals surface area contributed by atoms with Crippen LogP contribution in [0.4, 0.5) is 5.13 Å². The summed E-state index contributed by atoms with van der Waals surface area (Å²) in [5.41, 5.74) is 5.43. The largest absolute Gasteiger partial charge is 0.358 e. The van der Waals surface area contributed by atoms with Gasteiger partial charge in [-0.05, 0) is 19.4 Å². The first-order chi connectivity index (χ1) is 13.1. The normalized spacial score (nSPS) is 11.2. The number of hydrogen-bond donors (Lipinski definition) is 3. The van der Waals surface area contributed by atoms with Gasteiger partial charge in [-0.25, -0.2) is 5.43 Å². The van der Waals surface area contributed by atoms with Gasteiger partial charge in [0.25, 0.3) is 0 Å². The first-order valence-corrected chi connectivity index (χ1v) is 9.40. The number of hydrazone groups is 1. The van der Waals surface area contributed by atoms with Crippen LogP contribution in [0.15, 0.2) is 29.4 Å². The molecule has 2 amide bonds. The smallest absolute Gasteiger partial charge is 0.247 e. The average molecular weight is 384 g/mol. The maximum Gasteiger partial charge on any atom is 0.247 e. The Labute approximate surface area is 160 Å². The molecule has 0 aliphatic heterocycles. The van der Waals surface area contributed by atoms with Crippen LogP contribution in [0.3, 0.4) is 0 Å². The first kappa shape index (κ1) is 18.7. The molecule has 0 saturated heterocycles. The van der Waals surface area contributed by atoms with Crippen molar-refractivity contribution < 1.29 is 9.59 Å². The van der Waals surface area contributed by atoms with E-state index in [4.69, 9.17) is 0 Å². The number of nitrogens with one attached hydrogen (secondary N) is 3. The average Bonchev–Trinajstić information content (AvgIpc) is 3.19. The number of rotatable bonds is 7. The molecule has 9 heteroatoms. The van der Waals surface area contributed by atoms with Gasteiger partial charge in [-0.1, -0.05) is 36.5 Å². The van der Waals surface area contributed by atoms with Gasteiger partial charge < -0.3 is 10.3 Å². The van der Waals surface area contributed by atoms with E-state index in [2.05, 4.69) is 31.0 Å². The van der Waals surface area contributed by atoms with E-state index in [1.807, 2.05) is 38.1 Å². The van der Waals surface area contributed by atoms with Crippen LogP contribution in [-0.2, 0) is 16.0 Å². The molecule has 0 radical (unpaired) electrons. The first-order valence-electron chi connectivity index (χ1n) is 8.58. The van der Waals surface area contributed by atoms with E-state index < -0.39 is 0 Å². The van der Waals surface area contributed by atoms with Crippen molar-refractivity contribution in [3.8, 4) is 0 Å². The molecule has 0 aliphatic carbocycles. The molecule has 2 aromatic heterocycles. The molecule has 0 spiro atoms. The minimum atomic E-state index is -0.300. The summed E-state index contributed by atoms with van der Waals surface area (Å²) in [7, 11) is 0. The molecule has 3 N–H and O–H groups in total. The zero-order valence-electron chi connectivity index (χ0n) is 15.1. The Balaban J connectivity index is 1.57. The van der Waals surface area contributed by atoms with E-state index >= 15 is 0 Å². The van der Waals surface area contributed by atoms with Gasteiger partial charge in [0.2, 0.25) is 16.9 Å². The molecule has 3 rings (SSSR count). The summed E-state index contributed by atoms with van der Waals surface area (Å²) in [6.07, 6.45) is 2.86. The number of benzene rings is 1. The molecule has 3 aromatic rings.